The Hall–Kier alpha value is -6.42. The van der Waals surface area contributed by atoms with Crippen LogP contribution in [0.1, 0.15) is 43.6 Å². The lowest BCUT2D eigenvalue weighted by molar-refractivity contribution is -0.286. The molecule has 2 aromatic heterocycles. The molecule has 1 saturated heterocycles. The Kier molecular flexibility index (Phi) is 9.89. The molecule has 2 aliphatic heterocycles. The number of hydrogen-bond donors (Lipinski definition) is 3. The summed E-state index contributed by atoms with van der Waals surface area (Å²) in [6, 6.07) is 31.8. The molecule has 2 aliphatic rings. The van der Waals surface area contributed by atoms with E-state index in [2.05, 4.69) is 10.3 Å². The summed E-state index contributed by atoms with van der Waals surface area (Å²) >= 11 is 0. The maximum absolute atomic E-state index is 15.7. The van der Waals surface area contributed by atoms with E-state index in [1.54, 1.807) is 0 Å². The van der Waals surface area contributed by atoms with Crippen LogP contribution < -0.4 is 5.32 Å². The lowest BCUT2D eigenvalue weighted by Crippen LogP contribution is -2.59. The minimum absolute atomic E-state index is 0.0124. The van der Waals surface area contributed by atoms with Gasteiger partial charge in [0.2, 0.25) is 0 Å². The van der Waals surface area contributed by atoms with Crippen LogP contribution in [0.15, 0.2) is 115 Å². The molecule has 1 unspecified atom stereocenters. The van der Waals surface area contributed by atoms with Crippen LogP contribution in [0.4, 0.5) is 17.6 Å². The first-order valence-electron chi connectivity index (χ1n) is 19.6. The van der Waals surface area contributed by atoms with Crippen molar-refractivity contribution in [1.82, 2.24) is 14.9 Å². The molecule has 308 valence electrons. The molecule has 10 nitrogen and oxygen atoms in total. The van der Waals surface area contributed by atoms with E-state index in [-0.39, 0.29) is 74.6 Å². The number of ether oxygens (including phenoxy) is 4. The van der Waals surface area contributed by atoms with E-state index < -0.39 is 72.3 Å². The maximum atomic E-state index is 15.7. The normalized spacial score (nSPS) is 20.3. The number of nitrogens with zero attached hydrogens (tertiary/aromatic N) is 1. The Morgan fingerprint density at radius 1 is 0.607 bits per heavy atom. The Bertz CT molecular complexity index is 3000. The Balaban J connectivity index is 1.25. The number of benzene rings is 6. The summed E-state index contributed by atoms with van der Waals surface area (Å²) in [5.74, 6) is -6.49. The van der Waals surface area contributed by atoms with Gasteiger partial charge < -0.3 is 33.6 Å². The highest BCUT2D eigenvalue weighted by molar-refractivity contribution is 6.39. The van der Waals surface area contributed by atoms with Crippen LogP contribution in [0.3, 0.4) is 0 Å². The molecule has 4 heterocycles. The van der Waals surface area contributed by atoms with Gasteiger partial charge in [0.25, 0.3) is 11.8 Å². The number of halogens is 4. The number of aromatic nitrogens is 2. The van der Waals surface area contributed by atoms with Crippen LogP contribution in [0.2, 0.25) is 0 Å². The second-order valence-electron chi connectivity index (χ2n) is 15.1. The van der Waals surface area contributed by atoms with Crippen molar-refractivity contribution in [2.24, 2.45) is 0 Å². The van der Waals surface area contributed by atoms with E-state index in [0.717, 1.165) is 41.0 Å². The van der Waals surface area contributed by atoms with Gasteiger partial charge in [-0.3, -0.25) is 14.9 Å². The van der Waals surface area contributed by atoms with E-state index in [1.807, 2.05) is 91.0 Å². The highest BCUT2D eigenvalue weighted by atomic mass is 19.2. The summed E-state index contributed by atoms with van der Waals surface area (Å²) in [5.41, 5.74) is 2.42. The molecule has 6 aromatic carbocycles. The number of aromatic amines is 1. The van der Waals surface area contributed by atoms with Crippen molar-refractivity contribution in [3.8, 4) is 0 Å². The third kappa shape index (κ3) is 6.63. The van der Waals surface area contributed by atoms with Crippen LogP contribution in [0.5, 0.6) is 0 Å². The number of fused-ring (bicyclic) bond motifs is 10. The van der Waals surface area contributed by atoms with Crippen LogP contribution >= 0.6 is 0 Å². The summed E-state index contributed by atoms with van der Waals surface area (Å²) in [7, 11) is 0. The summed E-state index contributed by atoms with van der Waals surface area (Å²) in [5, 5.41) is 13.6. The third-order valence-electron chi connectivity index (χ3n) is 11.5. The number of aliphatic hydroxyl groups is 1. The molecule has 14 heteroatoms. The molecule has 0 radical (unpaired) electrons. The van der Waals surface area contributed by atoms with Crippen molar-refractivity contribution in [1.29, 1.82) is 0 Å². The van der Waals surface area contributed by atoms with Crippen LogP contribution in [0.25, 0.3) is 43.6 Å². The van der Waals surface area contributed by atoms with Gasteiger partial charge >= 0.3 is 0 Å². The summed E-state index contributed by atoms with van der Waals surface area (Å²) < 4.78 is 89.5. The van der Waals surface area contributed by atoms with Gasteiger partial charge in [0.15, 0.2) is 29.5 Å². The second-order valence-corrected chi connectivity index (χ2v) is 15.1. The number of hydrogen-bond acceptors (Lipinski definition) is 7. The highest BCUT2D eigenvalue weighted by Crippen LogP contribution is 2.48. The van der Waals surface area contributed by atoms with Gasteiger partial charge in [-0.1, -0.05) is 91.0 Å². The van der Waals surface area contributed by atoms with E-state index in [9.17, 15) is 23.5 Å². The molecule has 0 bridgehead atoms. The van der Waals surface area contributed by atoms with Gasteiger partial charge in [-0.2, -0.15) is 0 Å². The zero-order valence-electron chi connectivity index (χ0n) is 32.0. The molecule has 8 aromatic rings. The second kappa shape index (κ2) is 15.6. The van der Waals surface area contributed by atoms with Gasteiger partial charge in [0.1, 0.15) is 24.4 Å². The molecule has 2 amide bonds. The fourth-order valence-electron chi connectivity index (χ4n) is 8.74. The standard InChI is InChI=1S/C47H35F4N3O7/c48-29-16-27-33(18-31(29)50)52-40-36(27)38-39(46(57)53-45(38)56)37-28-17-30(49)32(51)19-34(28)54(41(37)40)47-44(60-23-26-14-8-3-9-15-26)43(59-22-25-12-6-2-7-13-25)42(35(20-55)61-47)58-21-24-10-4-1-5-11-24/h1-19,35,42-44,47,52,55H,20-23H2,(H,53,56,57)/t35-,42-,43+,44-,47?/m1/s1. The fourth-order valence-corrected chi connectivity index (χ4v) is 8.74. The number of rotatable bonds is 11. The maximum Gasteiger partial charge on any atom is 0.259 e. The minimum Gasteiger partial charge on any atom is -0.394 e. The SMILES string of the molecule is O=C1NC(=O)c2c1c1c3cc(F)c(F)cc3[nH]c1c1c2c2cc(F)c(F)cc2n1C1O[C@H](CO)[C@@H](OCc2ccccc2)[C@H](OCc2ccccc2)[C@H]1OCc1ccccc1. The Morgan fingerprint density at radius 3 is 1.67 bits per heavy atom. The van der Waals surface area contributed by atoms with Gasteiger partial charge in [-0.25, -0.2) is 17.6 Å². The van der Waals surface area contributed by atoms with E-state index >= 15 is 8.78 Å². The predicted octanol–water partition coefficient (Wildman–Crippen LogP) is 8.51. The molecule has 10 rings (SSSR count). The number of amides is 2. The van der Waals surface area contributed by atoms with Crippen molar-refractivity contribution < 1.29 is 51.2 Å². The monoisotopic (exact) mass is 829 g/mol. The first-order chi connectivity index (χ1) is 29.7. The summed E-state index contributed by atoms with van der Waals surface area (Å²) in [6.45, 7) is -0.401. The summed E-state index contributed by atoms with van der Waals surface area (Å²) in [6.07, 6.45) is -5.63. The molecule has 3 N–H and O–H groups in total. The van der Waals surface area contributed by atoms with Gasteiger partial charge in [-0.05, 0) is 28.8 Å². The Labute approximate surface area is 344 Å². The molecule has 5 atom stereocenters. The van der Waals surface area contributed by atoms with Crippen molar-refractivity contribution in [2.45, 2.75) is 50.5 Å². The predicted molar refractivity (Wildman–Crippen MR) is 216 cm³/mol. The number of imide groups is 1. The number of carbonyl (C=O) groups is 2. The fraction of sp³-hybridized carbons (Fsp3) is 0.191. The first kappa shape index (κ1) is 38.8. The zero-order chi connectivity index (χ0) is 41.9. The number of carbonyl (C=O) groups excluding carboxylic acids is 2. The quantitative estimate of drug-likeness (QED) is 0.0883. The van der Waals surface area contributed by atoms with Crippen molar-refractivity contribution in [3.05, 3.63) is 166 Å². The van der Waals surface area contributed by atoms with E-state index in [0.29, 0.717) is 0 Å². The number of H-pyrrole nitrogens is 1. The molecule has 0 aliphatic carbocycles. The highest BCUT2D eigenvalue weighted by Gasteiger charge is 2.50. The van der Waals surface area contributed by atoms with Crippen LogP contribution in [-0.4, -0.2) is 57.5 Å². The first-order valence-corrected chi connectivity index (χ1v) is 19.6. The topological polar surface area (TPSA) is 124 Å². The van der Waals surface area contributed by atoms with E-state index in [1.165, 1.54) is 4.57 Å². The average molecular weight is 830 g/mol. The smallest absolute Gasteiger partial charge is 0.259 e. The van der Waals surface area contributed by atoms with Gasteiger partial charge in [0.05, 0.1) is 54.1 Å². The molecular formula is C47H35F4N3O7. The van der Waals surface area contributed by atoms with Crippen LogP contribution in [-0.2, 0) is 38.8 Å². The molecular weight excluding hydrogens is 795 g/mol. The third-order valence-corrected chi connectivity index (χ3v) is 11.5. The lowest BCUT2D eigenvalue weighted by atomic mass is 9.95. The van der Waals surface area contributed by atoms with Crippen molar-refractivity contribution in [3.63, 3.8) is 0 Å². The number of aliphatic hydroxyl groups excluding tert-OH is 1. The molecule has 61 heavy (non-hydrogen) atoms. The van der Waals surface area contributed by atoms with Crippen molar-refractivity contribution in [2.75, 3.05) is 6.61 Å². The van der Waals surface area contributed by atoms with Crippen LogP contribution in [0, 0.1) is 23.3 Å². The van der Waals surface area contributed by atoms with E-state index in [4.69, 9.17) is 18.9 Å². The molecule has 0 spiro atoms. The van der Waals surface area contributed by atoms with Gasteiger partial charge in [-0.15, -0.1) is 0 Å². The Morgan fingerprint density at radius 2 is 1.10 bits per heavy atom. The number of nitrogens with one attached hydrogen (secondary N) is 2. The van der Waals surface area contributed by atoms with Gasteiger partial charge in [0, 0.05) is 39.2 Å². The molecule has 0 saturated carbocycles. The summed E-state index contributed by atoms with van der Waals surface area (Å²) in [4.78, 5) is 30.6. The largest absolute Gasteiger partial charge is 0.394 e. The van der Waals surface area contributed by atoms with Crippen molar-refractivity contribution >= 4 is 55.4 Å². The average Bonchev–Trinajstić information content (AvgIpc) is 3.89. The zero-order valence-corrected chi connectivity index (χ0v) is 32.0. The lowest BCUT2D eigenvalue weighted by Gasteiger charge is -2.46. The minimum atomic E-state index is -1.36. The molecule has 1 fully saturated rings.